The van der Waals surface area contributed by atoms with E-state index in [9.17, 15) is 13.2 Å². The second-order valence-electron chi connectivity index (χ2n) is 7.98. The van der Waals surface area contributed by atoms with Crippen LogP contribution in [-0.4, -0.2) is 44.9 Å². The highest BCUT2D eigenvalue weighted by molar-refractivity contribution is 7.89. The molecule has 1 aromatic heterocycles. The first kappa shape index (κ1) is 22.5. The maximum Gasteiger partial charge on any atom is 0.251 e. The van der Waals surface area contributed by atoms with Crippen LogP contribution in [0.3, 0.4) is 0 Å². The average Bonchev–Trinajstić information content (AvgIpc) is 3.16. The van der Waals surface area contributed by atoms with Gasteiger partial charge in [-0.3, -0.25) is 4.79 Å². The maximum atomic E-state index is 13.3. The van der Waals surface area contributed by atoms with E-state index in [1.165, 1.54) is 10.4 Å². The normalized spacial score (nSPS) is 16.2. The Hall–Kier alpha value is -2.68. The average molecular weight is 457 g/mol. The number of hydrogen-bond donors (Lipinski definition) is 1. The van der Waals surface area contributed by atoms with E-state index >= 15 is 0 Å². The molecule has 0 bridgehead atoms. The lowest BCUT2D eigenvalue weighted by Crippen LogP contribution is -2.41. The molecule has 1 atom stereocenters. The number of hydrogen-bond acceptors (Lipinski definition) is 5. The molecule has 1 aliphatic heterocycles. The molecule has 2 heterocycles. The molecule has 1 unspecified atom stereocenters. The van der Waals surface area contributed by atoms with Crippen LogP contribution in [0.25, 0.3) is 11.0 Å². The van der Waals surface area contributed by atoms with Crippen molar-refractivity contribution in [1.82, 2.24) is 9.62 Å². The van der Waals surface area contributed by atoms with Gasteiger partial charge in [0.05, 0.1) is 24.2 Å². The Morgan fingerprint density at radius 2 is 1.88 bits per heavy atom. The van der Waals surface area contributed by atoms with Crippen molar-refractivity contribution in [2.75, 3.05) is 26.3 Å². The summed E-state index contributed by atoms with van der Waals surface area (Å²) in [6.07, 6.45) is 0.551. The summed E-state index contributed by atoms with van der Waals surface area (Å²) in [5, 5.41) is 3.96. The Balaban J connectivity index is 1.61. The largest absolute Gasteiger partial charge is 0.459 e. The SMILES string of the molecule is CCc1ccc(C(=O)NC(C)c2oc3ccccc3c2C)cc1S(=O)(=O)N1CCOCC1. The van der Waals surface area contributed by atoms with Gasteiger partial charge < -0.3 is 14.5 Å². The smallest absolute Gasteiger partial charge is 0.251 e. The van der Waals surface area contributed by atoms with Crippen LogP contribution in [0.4, 0.5) is 0 Å². The van der Waals surface area contributed by atoms with Crippen LogP contribution >= 0.6 is 0 Å². The van der Waals surface area contributed by atoms with Gasteiger partial charge >= 0.3 is 0 Å². The van der Waals surface area contributed by atoms with Crippen molar-refractivity contribution in [3.8, 4) is 0 Å². The summed E-state index contributed by atoms with van der Waals surface area (Å²) < 4.78 is 39.2. The van der Waals surface area contributed by atoms with Crippen molar-refractivity contribution >= 4 is 26.9 Å². The molecule has 4 rings (SSSR count). The molecule has 0 radical (unpaired) electrons. The number of aryl methyl sites for hydroxylation is 2. The van der Waals surface area contributed by atoms with Gasteiger partial charge in [0.15, 0.2) is 0 Å². The number of fused-ring (bicyclic) bond motifs is 1. The zero-order valence-electron chi connectivity index (χ0n) is 18.6. The summed E-state index contributed by atoms with van der Waals surface area (Å²) in [5.41, 5.74) is 2.74. The third-order valence-corrected chi connectivity index (χ3v) is 7.90. The molecule has 0 aliphatic carbocycles. The summed E-state index contributed by atoms with van der Waals surface area (Å²) in [4.78, 5) is 13.2. The van der Waals surface area contributed by atoms with Crippen LogP contribution in [0.1, 0.15) is 47.1 Å². The van der Waals surface area contributed by atoms with E-state index in [0.29, 0.717) is 49.6 Å². The molecule has 3 aromatic rings. The number of furan rings is 1. The van der Waals surface area contributed by atoms with Crippen LogP contribution < -0.4 is 5.32 Å². The minimum atomic E-state index is -3.71. The summed E-state index contributed by atoms with van der Waals surface area (Å²) in [7, 11) is -3.71. The number of rotatable bonds is 6. The first-order valence-corrected chi connectivity index (χ1v) is 12.3. The van der Waals surface area contributed by atoms with Crippen molar-refractivity contribution in [2.45, 2.75) is 38.1 Å². The quantitative estimate of drug-likeness (QED) is 0.609. The second-order valence-corrected chi connectivity index (χ2v) is 9.88. The van der Waals surface area contributed by atoms with E-state index in [-0.39, 0.29) is 16.8 Å². The lowest BCUT2D eigenvalue weighted by atomic mass is 10.1. The van der Waals surface area contributed by atoms with E-state index in [0.717, 1.165) is 16.5 Å². The molecule has 1 saturated heterocycles. The van der Waals surface area contributed by atoms with Gasteiger partial charge in [0.1, 0.15) is 11.3 Å². The number of carbonyl (C=O) groups is 1. The monoisotopic (exact) mass is 456 g/mol. The first-order valence-electron chi connectivity index (χ1n) is 10.8. The minimum absolute atomic E-state index is 0.183. The van der Waals surface area contributed by atoms with Crippen molar-refractivity contribution in [3.05, 3.63) is 64.9 Å². The number of benzene rings is 2. The Morgan fingerprint density at radius 1 is 1.16 bits per heavy atom. The van der Waals surface area contributed by atoms with Gasteiger partial charge in [0.25, 0.3) is 5.91 Å². The van der Waals surface area contributed by atoms with Crippen LogP contribution in [-0.2, 0) is 21.2 Å². The Labute approximate surface area is 188 Å². The van der Waals surface area contributed by atoms with Gasteiger partial charge in [-0.2, -0.15) is 4.31 Å². The molecule has 8 heteroatoms. The number of para-hydroxylation sites is 1. The molecule has 1 fully saturated rings. The number of nitrogens with zero attached hydrogens (tertiary/aromatic N) is 1. The summed E-state index contributed by atoms with van der Waals surface area (Å²) in [5.74, 6) is 0.337. The molecule has 2 aromatic carbocycles. The molecule has 0 saturated carbocycles. The Kier molecular flexibility index (Phi) is 6.37. The van der Waals surface area contributed by atoms with E-state index in [2.05, 4.69) is 5.32 Å². The van der Waals surface area contributed by atoms with E-state index in [1.54, 1.807) is 12.1 Å². The number of morpholine rings is 1. The molecule has 170 valence electrons. The number of carbonyl (C=O) groups excluding carboxylic acids is 1. The third-order valence-electron chi connectivity index (χ3n) is 5.92. The number of sulfonamides is 1. The number of amides is 1. The predicted octanol–water partition coefficient (Wildman–Crippen LogP) is 3.82. The number of ether oxygens (including phenoxy) is 1. The molecule has 1 amide bonds. The second kappa shape index (κ2) is 9.05. The van der Waals surface area contributed by atoms with Gasteiger partial charge in [-0.1, -0.05) is 31.2 Å². The third kappa shape index (κ3) is 4.18. The summed E-state index contributed by atoms with van der Waals surface area (Å²) in [6, 6.07) is 12.2. The Bertz CT molecular complexity index is 1240. The summed E-state index contributed by atoms with van der Waals surface area (Å²) in [6.45, 7) is 7.08. The highest BCUT2D eigenvalue weighted by atomic mass is 32.2. The highest BCUT2D eigenvalue weighted by Gasteiger charge is 2.29. The lowest BCUT2D eigenvalue weighted by molar-refractivity contribution is 0.0730. The van der Waals surface area contributed by atoms with E-state index < -0.39 is 10.0 Å². The molecular formula is C24H28N2O5S. The van der Waals surface area contributed by atoms with Gasteiger partial charge in [0.2, 0.25) is 10.0 Å². The van der Waals surface area contributed by atoms with Crippen molar-refractivity contribution in [3.63, 3.8) is 0 Å². The number of nitrogens with one attached hydrogen (secondary N) is 1. The molecule has 0 spiro atoms. The van der Waals surface area contributed by atoms with Crippen molar-refractivity contribution in [1.29, 1.82) is 0 Å². The van der Waals surface area contributed by atoms with Crippen LogP contribution in [0.15, 0.2) is 51.8 Å². The van der Waals surface area contributed by atoms with Gasteiger partial charge in [-0.05, 0) is 44.0 Å². The predicted molar refractivity (Wildman–Crippen MR) is 122 cm³/mol. The molecule has 1 N–H and O–H groups in total. The molecule has 32 heavy (non-hydrogen) atoms. The fraction of sp³-hybridized carbons (Fsp3) is 0.375. The van der Waals surface area contributed by atoms with Gasteiger partial charge in [0, 0.05) is 29.6 Å². The first-order chi connectivity index (χ1) is 15.3. The molecular weight excluding hydrogens is 428 g/mol. The van der Waals surface area contributed by atoms with Gasteiger partial charge in [-0.25, -0.2) is 8.42 Å². The zero-order chi connectivity index (χ0) is 22.9. The molecule has 1 aliphatic rings. The van der Waals surface area contributed by atoms with E-state index in [4.69, 9.17) is 9.15 Å². The van der Waals surface area contributed by atoms with Crippen LogP contribution in [0, 0.1) is 6.92 Å². The van der Waals surface area contributed by atoms with Crippen molar-refractivity contribution < 1.29 is 22.4 Å². The standard InChI is InChI=1S/C24H28N2O5S/c1-4-18-9-10-19(15-22(18)32(28,29)26-11-13-30-14-12-26)24(27)25-17(3)23-16(2)20-7-5-6-8-21(20)31-23/h5-10,15,17H,4,11-14H2,1-3H3,(H,25,27). The highest BCUT2D eigenvalue weighted by Crippen LogP contribution is 2.30. The van der Waals surface area contributed by atoms with Crippen LogP contribution in [0.5, 0.6) is 0 Å². The van der Waals surface area contributed by atoms with Crippen molar-refractivity contribution in [2.24, 2.45) is 0 Å². The zero-order valence-corrected chi connectivity index (χ0v) is 19.4. The topological polar surface area (TPSA) is 88.8 Å². The summed E-state index contributed by atoms with van der Waals surface area (Å²) >= 11 is 0. The Morgan fingerprint density at radius 3 is 2.56 bits per heavy atom. The minimum Gasteiger partial charge on any atom is -0.459 e. The lowest BCUT2D eigenvalue weighted by Gasteiger charge is -2.27. The van der Waals surface area contributed by atoms with Gasteiger partial charge in [-0.15, -0.1) is 0 Å². The fourth-order valence-corrected chi connectivity index (χ4v) is 5.83. The van der Waals surface area contributed by atoms with E-state index in [1.807, 2.05) is 45.0 Å². The maximum absolute atomic E-state index is 13.3. The fourth-order valence-electron chi connectivity index (χ4n) is 4.11. The van der Waals surface area contributed by atoms with Crippen LogP contribution in [0.2, 0.25) is 0 Å². The molecule has 7 nitrogen and oxygen atoms in total.